The molecule has 4 nitrogen and oxygen atoms in total. The van der Waals surface area contributed by atoms with Crippen LogP contribution in [0.3, 0.4) is 0 Å². The zero-order valence-corrected chi connectivity index (χ0v) is 11.2. The van der Waals surface area contributed by atoms with Crippen LogP contribution >= 0.6 is 0 Å². The largest absolute Gasteiger partial charge is 0.390 e. The predicted octanol–water partition coefficient (Wildman–Crippen LogP) is 1.88. The van der Waals surface area contributed by atoms with Crippen LogP contribution in [0.25, 0.3) is 0 Å². The van der Waals surface area contributed by atoms with Gasteiger partial charge in [0.05, 0.1) is 18.8 Å². The van der Waals surface area contributed by atoms with Crippen LogP contribution in [0.2, 0.25) is 0 Å². The molecule has 3 rings (SSSR count). The summed E-state index contributed by atoms with van der Waals surface area (Å²) in [4.78, 5) is 0. The van der Waals surface area contributed by atoms with E-state index in [-0.39, 0.29) is 24.2 Å². The van der Waals surface area contributed by atoms with Crippen molar-refractivity contribution in [2.75, 3.05) is 6.61 Å². The van der Waals surface area contributed by atoms with Gasteiger partial charge < -0.3 is 19.3 Å². The van der Waals surface area contributed by atoms with Crippen LogP contribution in [0.5, 0.6) is 0 Å². The van der Waals surface area contributed by atoms with Gasteiger partial charge in [0.25, 0.3) is 0 Å². The zero-order valence-electron chi connectivity index (χ0n) is 11.2. The Hall–Kier alpha value is -0.940. The Morgan fingerprint density at radius 1 is 1.11 bits per heavy atom. The van der Waals surface area contributed by atoms with Crippen molar-refractivity contribution >= 4 is 0 Å². The maximum atomic E-state index is 10.3. The summed E-state index contributed by atoms with van der Waals surface area (Å²) in [5.74, 6) is 0.0655. The Morgan fingerprint density at radius 2 is 1.84 bits per heavy atom. The molecule has 0 radical (unpaired) electrons. The first kappa shape index (κ1) is 13.1. The Balaban J connectivity index is 1.75. The SMILES string of the molecule is CC1[C@@H](O)[C@@H]2OC(c3ccccc3)OCC2O[C@@H]1C. The lowest BCUT2D eigenvalue weighted by Crippen LogP contribution is -2.57. The van der Waals surface area contributed by atoms with Gasteiger partial charge in [0.1, 0.15) is 12.2 Å². The minimum atomic E-state index is -0.510. The van der Waals surface area contributed by atoms with Crippen molar-refractivity contribution in [1.29, 1.82) is 0 Å². The van der Waals surface area contributed by atoms with Crippen molar-refractivity contribution in [3.05, 3.63) is 35.9 Å². The molecule has 1 N–H and O–H groups in total. The summed E-state index contributed by atoms with van der Waals surface area (Å²) in [5, 5.41) is 10.3. The third kappa shape index (κ3) is 2.41. The van der Waals surface area contributed by atoms with Gasteiger partial charge in [-0.05, 0) is 6.92 Å². The number of aliphatic hydroxyl groups is 1. The minimum absolute atomic E-state index is 0.0247. The van der Waals surface area contributed by atoms with E-state index in [1.165, 1.54) is 0 Å². The summed E-state index contributed by atoms with van der Waals surface area (Å²) in [5.41, 5.74) is 0.972. The zero-order chi connectivity index (χ0) is 13.4. The molecule has 0 spiro atoms. The number of hydrogen-bond acceptors (Lipinski definition) is 4. The molecule has 2 aliphatic heterocycles. The molecule has 1 aromatic rings. The van der Waals surface area contributed by atoms with E-state index in [2.05, 4.69) is 0 Å². The maximum Gasteiger partial charge on any atom is 0.184 e. The molecule has 0 saturated carbocycles. The number of rotatable bonds is 1. The Morgan fingerprint density at radius 3 is 2.58 bits per heavy atom. The van der Waals surface area contributed by atoms with Gasteiger partial charge in [-0.2, -0.15) is 0 Å². The molecule has 2 fully saturated rings. The summed E-state index contributed by atoms with van der Waals surface area (Å²) < 4.78 is 17.5. The molecule has 104 valence electrons. The van der Waals surface area contributed by atoms with Crippen LogP contribution in [-0.2, 0) is 14.2 Å². The molecule has 0 amide bonds. The highest BCUT2D eigenvalue weighted by atomic mass is 16.7. The van der Waals surface area contributed by atoms with Gasteiger partial charge in [-0.3, -0.25) is 0 Å². The first-order valence-corrected chi connectivity index (χ1v) is 6.82. The lowest BCUT2D eigenvalue weighted by Gasteiger charge is -2.46. The third-order valence-corrected chi connectivity index (χ3v) is 4.14. The predicted molar refractivity (Wildman–Crippen MR) is 69.5 cm³/mol. The van der Waals surface area contributed by atoms with Gasteiger partial charge in [0, 0.05) is 11.5 Å². The number of ether oxygens (including phenoxy) is 3. The minimum Gasteiger partial charge on any atom is -0.390 e. The molecule has 2 aliphatic rings. The van der Waals surface area contributed by atoms with Crippen molar-refractivity contribution in [1.82, 2.24) is 0 Å². The normalized spacial score (nSPS) is 42.7. The van der Waals surface area contributed by atoms with E-state index in [0.717, 1.165) is 5.56 Å². The standard InChI is InChI=1S/C15H20O4/c1-9-10(2)18-12-8-17-15(19-14(12)13(9)16)11-6-4-3-5-7-11/h3-7,9-10,12-16H,8H2,1-2H3/t9?,10-,12?,13-,14-,15?/m1/s1. The number of hydrogen-bond donors (Lipinski definition) is 1. The monoisotopic (exact) mass is 264 g/mol. The fourth-order valence-electron chi connectivity index (χ4n) is 2.73. The molecule has 4 heteroatoms. The van der Waals surface area contributed by atoms with E-state index in [1.54, 1.807) is 0 Å². The van der Waals surface area contributed by atoms with Gasteiger partial charge in [-0.25, -0.2) is 0 Å². The van der Waals surface area contributed by atoms with Gasteiger partial charge in [-0.1, -0.05) is 37.3 Å². The van der Waals surface area contributed by atoms with E-state index in [9.17, 15) is 5.11 Å². The van der Waals surface area contributed by atoms with Gasteiger partial charge in [0.15, 0.2) is 6.29 Å². The van der Waals surface area contributed by atoms with Crippen molar-refractivity contribution in [2.45, 2.75) is 44.6 Å². The van der Waals surface area contributed by atoms with E-state index >= 15 is 0 Å². The van der Waals surface area contributed by atoms with Crippen LogP contribution in [0.4, 0.5) is 0 Å². The average molecular weight is 264 g/mol. The average Bonchev–Trinajstić information content (AvgIpc) is 2.46. The van der Waals surface area contributed by atoms with Gasteiger partial charge >= 0.3 is 0 Å². The van der Waals surface area contributed by atoms with Crippen molar-refractivity contribution < 1.29 is 19.3 Å². The molecule has 0 aliphatic carbocycles. The van der Waals surface area contributed by atoms with Crippen LogP contribution in [0.15, 0.2) is 30.3 Å². The number of benzene rings is 1. The van der Waals surface area contributed by atoms with Crippen LogP contribution < -0.4 is 0 Å². The molecular weight excluding hydrogens is 244 g/mol. The molecule has 0 aromatic heterocycles. The summed E-state index contributed by atoms with van der Waals surface area (Å²) in [6.07, 6.45) is -1.40. The highest BCUT2D eigenvalue weighted by molar-refractivity contribution is 5.16. The molecule has 0 bridgehead atoms. The van der Waals surface area contributed by atoms with E-state index in [4.69, 9.17) is 14.2 Å². The molecule has 1 aromatic carbocycles. The van der Waals surface area contributed by atoms with Gasteiger partial charge in [0.2, 0.25) is 0 Å². The maximum absolute atomic E-state index is 10.3. The smallest absolute Gasteiger partial charge is 0.184 e. The van der Waals surface area contributed by atoms with Crippen LogP contribution in [0.1, 0.15) is 25.7 Å². The molecule has 19 heavy (non-hydrogen) atoms. The Labute approximate surface area is 113 Å². The number of aliphatic hydroxyl groups excluding tert-OH is 1. The molecule has 2 saturated heterocycles. The Kier molecular flexibility index (Phi) is 3.58. The fourth-order valence-corrected chi connectivity index (χ4v) is 2.73. The molecule has 3 unspecified atom stereocenters. The quantitative estimate of drug-likeness (QED) is 0.841. The lowest BCUT2D eigenvalue weighted by molar-refractivity contribution is -0.318. The fraction of sp³-hybridized carbons (Fsp3) is 0.600. The first-order chi connectivity index (χ1) is 9.16. The summed E-state index contributed by atoms with van der Waals surface area (Å²) >= 11 is 0. The summed E-state index contributed by atoms with van der Waals surface area (Å²) in [6.45, 7) is 4.42. The van der Waals surface area contributed by atoms with Crippen molar-refractivity contribution in [2.24, 2.45) is 5.92 Å². The van der Waals surface area contributed by atoms with Crippen molar-refractivity contribution in [3.63, 3.8) is 0 Å². The topological polar surface area (TPSA) is 47.9 Å². The molecular formula is C15H20O4. The number of fused-ring (bicyclic) bond motifs is 1. The highest BCUT2D eigenvalue weighted by Gasteiger charge is 2.46. The lowest BCUT2D eigenvalue weighted by atomic mass is 9.88. The van der Waals surface area contributed by atoms with Crippen LogP contribution in [0, 0.1) is 5.92 Å². The van der Waals surface area contributed by atoms with Gasteiger partial charge in [-0.15, -0.1) is 0 Å². The molecule has 2 heterocycles. The first-order valence-electron chi connectivity index (χ1n) is 6.82. The van der Waals surface area contributed by atoms with Crippen LogP contribution in [-0.4, -0.2) is 36.1 Å². The second kappa shape index (κ2) is 5.21. The van der Waals surface area contributed by atoms with E-state index < -0.39 is 12.4 Å². The van der Waals surface area contributed by atoms with Crippen molar-refractivity contribution in [3.8, 4) is 0 Å². The summed E-state index contributed by atoms with van der Waals surface area (Å²) in [6, 6.07) is 9.79. The molecule has 6 atom stereocenters. The highest BCUT2D eigenvalue weighted by Crippen LogP contribution is 2.35. The second-order valence-electron chi connectivity index (χ2n) is 5.41. The summed E-state index contributed by atoms with van der Waals surface area (Å²) in [7, 11) is 0. The van der Waals surface area contributed by atoms with E-state index in [1.807, 2.05) is 44.2 Å². The van der Waals surface area contributed by atoms with E-state index in [0.29, 0.717) is 6.61 Å². The second-order valence-corrected chi connectivity index (χ2v) is 5.41. The Bertz CT molecular complexity index is 419. The third-order valence-electron chi connectivity index (χ3n) is 4.14.